The van der Waals surface area contributed by atoms with E-state index in [1.807, 2.05) is 30.3 Å². The third-order valence-electron chi connectivity index (χ3n) is 1.95. The van der Waals surface area contributed by atoms with E-state index in [-0.39, 0.29) is 5.84 Å². The van der Waals surface area contributed by atoms with Crippen molar-refractivity contribution in [3.63, 3.8) is 0 Å². The number of rotatable bonds is 2. The monoisotopic (exact) mass is 198 g/mol. The molecule has 0 spiro atoms. The first kappa shape index (κ1) is 9.33. The normalized spacial score (nSPS) is 9.87. The fourth-order valence-electron chi connectivity index (χ4n) is 1.24. The van der Waals surface area contributed by atoms with Crippen molar-refractivity contribution in [2.24, 2.45) is 5.73 Å². The summed E-state index contributed by atoms with van der Waals surface area (Å²) in [5.74, 6) is -0.0345. The lowest BCUT2D eigenvalue weighted by Gasteiger charge is -2.01. The van der Waals surface area contributed by atoms with E-state index in [1.54, 1.807) is 12.3 Å². The fourth-order valence-corrected chi connectivity index (χ4v) is 1.24. The second kappa shape index (κ2) is 3.88. The molecule has 2 heterocycles. The third kappa shape index (κ3) is 1.99. The van der Waals surface area contributed by atoms with Gasteiger partial charge in [0, 0.05) is 6.20 Å². The number of hydrogen-bond acceptors (Lipinski definition) is 3. The minimum atomic E-state index is -0.0345. The first-order valence-electron chi connectivity index (χ1n) is 4.50. The average molecular weight is 198 g/mol. The predicted molar refractivity (Wildman–Crippen MR) is 58.5 cm³/mol. The van der Waals surface area contributed by atoms with E-state index in [4.69, 9.17) is 11.1 Å². The summed E-state index contributed by atoms with van der Waals surface area (Å²) >= 11 is 0. The molecule has 0 saturated carbocycles. The second-order valence-electron chi connectivity index (χ2n) is 3.04. The Labute approximate surface area is 87.3 Å². The SMILES string of the molecule is N=C(N)c1cccc(-c2ccccn2)n1. The lowest BCUT2D eigenvalue weighted by molar-refractivity contribution is 1.22. The molecule has 0 saturated heterocycles. The van der Waals surface area contributed by atoms with E-state index in [1.165, 1.54) is 0 Å². The highest BCUT2D eigenvalue weighted by Crippen LogP contribution is 2.13. The molecule has 0 unspecified atom stereocenters. The predicted octanol–water partition coefficient (Wildman–Crippen LogP) is 1.43. The maximum Gasteiger partial charge on any atom is 0.141 e. The molecule has 0 aromatic carbocycles. The molecule has 2 aromatic heterocycles. The summed E-state index contributed by atoms with van der Waals surface area (Å²) in [6.45, 7) is 0. The second-order valence-corrected chi connectivity index (χ2v) is 3.04. The number of nitrogens with zero attached hydrogens (tertiary/aromatic N) is 2. The van der Waals surface area contributed by atoms with Crippen LogP contribution in [0.15, 0.2) is 42.6 Å². The zero-order chi connectivity index (χ0) is 10.7. The zero-order valence-electron chi connectivity index (χ0n) is 8.01. The van der Waals surface area contributed by atoms with Gasteiger partial charge in [-0.15, -0.1) is 0 Å². The lowest BCUT2D eigenvalue weighted by Crippen LogP contribution is -2.13. The molecule has 4 heteroatoms. The first-order chi connectivity index (χ1) is 7.27. The van der Waals surface area contributed by atoms with E-state index in [0.717, 1.165) is 11.4 Å². The Kier molecular flexibility index (Phi) is 2.41. The number of hydrogen-bond donors (Lipinski definition) is 2. The van der Waals surface area contributed by atoms with Gasteiger partial charge in [0.1, 0.15) is 11.5 Å². The van der Waals surface area contributed by atoms with Gasteiger partial charge in [0.2, 0.25) is 0 Å². The van der Waals surface area contributed by atoms with Crippen molar-refractivity contribution >= 4 is 5.84 Å². The molecule has 0 bridgehead atoms. The summed E-state index contributed by atoms with van der Waals surface area (Å²) in [5, 5.41) is 7.29. The molecule has 0 fully saturated rings. The van der Waals surface area contributed by atoms with Crippen molar-refractivity contribution < 1.29 is 0 Å². The highest BCUT2D eigenvalue weighted by Gasteiger charge is 2.02. The molecule has 15 heavy (non-hydrogen) atoms. The molecule has 3 N–H and O–H groups in total. The van der Waals surface area contributed by atoms with E-state index in [2.05, 4.69) is 9.97 Å². The highest BCUT2D eigenvalue weighted by molar-refractivity contribution is 5.93. The third-order valence-corrected chi connectivity index (χ3v) is 1.95. The number of pyridine rings is 2. The minimum absolute atomic E-state index is 0.0345. The van der Waals surface area contributed by atoms with Crippen LogP contribution in [-0.4, -0.2) is 15.8 Å². The molecule has 0 aliphatic heterocycles. The minimum Gasteiger partial charge on any atom is -0.382 e. The highest BCUT2D eigenvalue weighted by atomic mass is 14.8. The average Bonchev–Trinajstić information content (AvgIpc) is 2.30. The van der Waals surface area contributed by atoms with Crippen LogP contribution in [0.1, 0.15) is 5.69 Å². The molecule has 4 nitrogen and oxygen atoms in total. The smallest absolute Gasteiger partial charge is 0.141 e. The van der Waals surface area contributed by atoms with Crippen molar-refractivity contribution in [1.82, 2.24) is 9.97 Å². The van der Waals surface area contributed by atoms with Crippen LogP contribution < -0.4 is 5.73 Å². The van der Waals surface area contributed by atoms with Gasteiger partial charge < -0.3 is 5.73 Å². The molecular formula is C11H10N4. The Balaban J connectivity index is 2.46. The Morgan fingerprint density at radius 3 is 2.53 bits per heavy atom. The van der Waals surface area contributed by atoms with Gasteiger partial charge in [0.25, 0.3) is 0 Å². The van der Waals surface area contributed by atoms with Gasteiger partial charge in [-0.25, -0.2) is 4.98 Å². The zero-order valence-corrected chi connectivity index (χ0v) is 8.01. The van der Waals surface area contributed by atoms with Crippen LogP contribution in [0.2, 0.25) is 0 Å². The largest absolute Gasteiger partial charge is 0.382 e. The Morgan fingerprint density at radius 1 is 1.07 bits per heavy atom. The fraction of sp³-hybridized carbons (Fsp3) is 0. The van der Waals surface area contributed by atoms with E-state index >= 15 is 0 Å². The Bertz CT molecular complexity index is 479. The molecule has 2 aromatic rings. The molecule has 0 aliphatic rings. The number of nitrogens with one attached hydrogen (secondary N) is 1. The van der Waals surface area contributed by atoms with Crippen molar-refractivity contribution in [3.8, 4) is 11.4 Å². The van der Waals surface area contributed by atoms with Crippen molar-refractivity contribution in [3.05, 3.63) is 48.3 Å². The summed E-state index contributed by atoms with van der Waals surface area (Å²) in [6, 6.07) is 11.0. The van der Waals surface area contributed by atoms with E-state index in [0.29, 0.717) is 5.69 Å². The van der Waals surface area contributed by atoms with Gasteiger partial charge in [-0.1, -0.05) is 12.1 Å². The van der Waals surface area contributed by atoms with Crippen LogP contribution in [0.25, 0.3) is 11.4 Å². The summed E-state index contributed by atoms with van der Waals surface area (Å²) in [4.78, 5) is 8.41. The lowest BCUT2D eigenvalue weighted by atomic mass is 10.2. The van der Waals surface area contributed by atoms with Gasteiger partial charge in [-0.2, -0.15) is 0 Å². The van der Waals surface area contributed by atoms with Crippen LogP contribution in [0, 0.1) is 5.41 Å². The summed E-state index contributed by atoms with van der Waals surface area (Å²) < 4.78 is 0. The van der Waals surface area contributed by atoms with Gasteiger partial charge in [0.15, 0.2) is 0 Å². The number of nitrogen functional groups attached to an aromatic ring is 1. The van der Waals surface area contributed by atoms with Crippen molar-refractivity contribution in [2.75, 3.05) is 0 Å². The summed E-state index contributed by atoms with van der Waals surface area (Å²) in [6.07, 6.45) is 1.71. The molecular weight excluding hydrogens is 188 g/mol. The quantitative estimate of drug-likeness (QED) is 0.566. The van der Waals surface area contributed by atoms with E-state index in [9.17, 15) is 0 Å². The molecule has 0 amide bonds. The van der Waals surface area contributed by atoms with Crippen LogP contribution in [-0.2, 0) is 0 Å². The Hall–Kier alpha value is -2.23. The van der Waals surface area contributed by atoms with Gasteiger partial charge in [-0.3, -0.25) is 10.4 Å². The van der Waals surface area contributed by atoms with Crippen molar-refractivity contribution in [1.29, 1.82) is 5.41 Å². The molecule has 0 atom stereocenters. The first-order valence-corrected chi connectivity index (χ1v) is 4.50. The number of amidine groups is 1. The van der Waals surface area contributed by atoms with Gasteiger partial charge >= 0.3 is 0 Å². The maximum atomic E-state index is 7.29. The van der Waals surface area contributed by atoms with Gasteiger partial charge in [0.05, 0.1) is 11.4 Å². The summed E-state index contributed by atoms with van der Waals surface area (Å²) in [5.41, 5.74) is 7.34. The molecule has 0 aliphatic carbocycles. The number of nitrogens with two attached hydrogens (primary N) is 1. The molecule has 74 valence electrons. The van der Waals surface area contributed by atoms with Crippen LogP contribution in [0.3, 0.4) is 0 Å². The summed E-state index contributed by atoms with van der Waals surface area (Å²) in [7, 11) is 0. The van der Waals surface area contributed by atoms with Crippen LogP contribution >= 0.6 is 0 Å². The maximum absolute atomic E-state index is 7.29. The standard InChI is InChI=1S/C11H10N4/c12-11(13)10-6-3-5-9(15-10)8-4-1-2-7-14-8/h1-7H,(H3,12,13). The van der Waals surface area contributed by atoms with E-state index < -0.39 is 0 Å². The topological polar surface area (TPSA) is 75.7 Å². The van der Waals surface area contributed by atoms with Crippen LogP contribution in [0.5, 0.6) is 0 Å². The van der Waals surface area contributed by atoms with Crippen LogP contribution in [0.4, 0.5) is 0 Å². The molecule has 0 radical (unpaired) electrons. The van der Waals surface area contributed by atoms with Gasteiger partial charge in [-0.05, 0) is 24.3 Å². The van der Waals surface area contributed by atoms with Crippen molar-refractivity contribution in [2.45, 2.75) is 0 Å². The Morgan fingerprint density at radius 2 is 1.87 bits per heavy atom. The number of aromatic nitrogens is 2. The molecule has 2 rings (SSSR count).